The summed E-state index contributed by atoms with van der Waals surface area (Å²) < 4.78 is 20.9. The molecule has 2 aromatic heterocycles. The molecule has 0 aliphatic rings. The van der Waals surface area contributed by atoms with E-state index in [4.69, 9.17) is 9.84 Å². The Balaban J connectivity index is 0.000000408. The summed E-state index contributed by atoms with van der Waals surface area (Å²) in [7, 11) is 1.87. The van der Waals surface area contributed by atoms with Crippen molar-refractivity contribution in [2.75, 3.05) is 13.6 Å². The van der Waals surface area contributed by atoms with Crippen molar-refractivity contribution in [1.82, 2.24) is 20.3 Å². The van der Waals surface area contributed by atoms with Crippen LogP contribution in [0.5, 0.6) is 11.5 Å². The van der Waals surface area contributed by atoms with Gasteiger partial charge in [-0.05, 0) is 67.4 Å². The van der Waals surface area contributed by atoms with Gasteiger partial charge in [-0.1, -0.05) is 56.9 Å². The summed E-state index contributed by atoms with van der Waals surface area (Å²) in [5.74, 6) is 0.0383. The van der Waals surface area contributed by atoms with Crippen molar-refractivity contribution in [3.63, 3.8) is 0 Å². The van der Waals surface area contributed by atoms with E-state index < -0.39 is 11.8 Å². The van der Waals surface area contributed by atoms with Crippen LogP contribution in [0.3, 0.4) is 0 Å². The molecule has 0 radical (unpaired) electrons. The van der Waals surface area contributed by atoms with Crippen LogP contribution in [-0.4, -0.2) is 57.1 Å². The van der Waals surface area contributed by atoms with Gasteiger partial charge in [0, 0.05) is 60.4 Å². The summed E-state index contributed by atoms with van der Waals surface area (Å²) in [5, 5.41) is 22.1. The number of aromatic amines is 2. The van der Waals surface area contributed by atoms with Gasteiger partial charge in [0.1, 0.15) is 29.4 Å². The molecule has 2 heterocycles. The fraction of sp³-hybridized carbons (Fsp3) is 0.342. The topological polar surface area (TPSA) is 140 Å². The molecular weight excluding hydrogens is 611 g/mol. The summed E-state index contributed by atoms with van der Waals surface area (Å²) in [4.78, 5) is 32.8. The SMILES string of the molecule is CCCCCCC(O)CNC.O=CCc1c(Oc2ccc(F)c(-c3ncc(Cc4cccc(CCC(=O)O)c4)[nH]3)c2)ccc2[nH]ccc12. The molecule has 3 aromatic carbocycles. The maximum absolute atomic E-state index is 14.8. The van der Waals surface area contributed by atoms with Crippen LogP contribution in [-0.2, 0) is 28.9 Å². The molecular formula is C38H45FN4O5. The third-order valence-corrected chi connectivity index (χ3v) is 7.98. The Hall–Kier alpha value is -4.80. The number of aldehydes is 1. The average molecular weight is 657 g/mol. The Kier molecular flexibility index (Phi) is 13.9. The third-order valence-electron chi connectivity index (χ3n) is 7.98. The van der Waals surface area contributed by atoms with Crippen molar-refractivity contribution in [3.8, 4) is 22.9 Å². The Morgan fingerprint density at radius 2 is 1.92 bits per heavy atom. The lowest BCUT2D eigenvalue weighted by molar-refractivity contribution is -0.137. The number of aliphatic hydroxyl groups excluding tert-OH is 1. The van der Waals surface area contributed by atoms with E-state index in [0.717, 1.165) is 59.0 Å². The molecule has 5 rings (SSSR count). The maximum atomic E-state index is 14.8. The Labute approximate surface area is 280 Å². The number of ether oxygens (including phenoxy) is 1. The number of likely N-dealkylation sites (N-methyl/N-ethyl adjacent to an activating group) is 1. The molecule has 10 heteroatoms. The molecule has 0 saturated heterocycles. The van der Waals surface area contributed by atoms with Crippen LogP contribution in [0.2, 0.25) is 0 Å². The molecule has 0 amide bonds. The van der Waals surface area contributed by atoms with E-state index in [0.29, 0.717) is 30.2 Å². The first-order valence-corrected chi connectivity index (χ1v) is 16.5. The first-order chi connectivity index (χ1) is 23.3. The van der Waals surface area contributed by atoms with E-state index in [1.54, 1.807) is 24.5 Å². The number of aliphatic hydroxyl groups is 1. The molecule has 5 aromatic rings. The van der Waals surface area contributed by atoms with Gasteiger partial charge in [-0.2, -0.15) is 0 Å². The number of fused-ring (bicyclic) bond motifs is 1. The second kappa shape index (κ2) is 18.5. The molecule has 254 valence electrons. The number of carbonyl (C=O) groups excluding carboxylic acids is 1. The van der Waals surface area contributed by atoms with Crippen molar-refractivity contribution < 1.29 is 28.9 Å². The monoisotopic (exact) mass is 656 g/mol. The number of halogens is 1. The number of nitrogens with one attached hydrogen (secondary N) is 3. The number of carbonyl (C=O) groups is 2. The van der Waals surface area contributed by atoms with E-state index in [1.165, 1.54) is 31.4 Å². The largest absolute Gasteiger partial charge is 0.481 e. The fourth-order valence-corrected chi connectivity index (χ4v) is 5.54. The molecule has 5 N–H and O–H groups in total. The van der Waals surface area contributed by atoms with Gasteiger partial charge in [0.2, 0.25) is 0 Å². The van der Waals surface area contributed by atoms with Crippen molar-refractivity contribution in [1.29, 1.82) is 0 Å². The van der Waals surface area contributed by atoms with Crippen molar-refractivity contribution in [2.24, 2.45) is 0 Å². The molecule has 48 heavy (non-hydrogen) atoms. The lowest BCUT2D eigenvalue weighted by atomic mass is 10.0. The van der Waals surface area contributed by atoms with Crippen LogP contribution < -0.4 is 10.1 Å². The summed E-state index contributed by atoms with van der Waals surface area (Å²) in [6, 6.07) is 17.7. The van der Waals surface area contributed by atoms with E-state index in [2.05, 4.69) is 27.2 Å². The van der Waals surface area contributed by atoms with Gasteiger partial charge in [-0.15, -0.1) is 0 Å². The second-order valence-electron chi connectivity index (χ2n) is 11.8. The van der Waals surface area contributed by atoms with Gasteiger partial charge >= 0.3 is 5.97 Å². The summed E-state index contributed by atoms with van der Waals surface area (Å²) in [6.07, 6.45) is 11.4. The van der Waals surface area contributed by atoms with Crippen molar-refractivity contribution >= 4 is 23.2 Å². The molecule has 0 aliphatic carbocycles. The number of benzene rings is 3. The zero-order valence-electron chi connectivity index (χ0n) is 27.6. The highest BCUT2D eigenvalue weighted by Crippen LogP contribution is 2.33. The third kappa shape index (κ3) is 10.6. The summed E-state index contributed by atoms with van der Waals surface area (Å²) >= 11 is 0. The molecule has 1 unspecified atom stereocenters. The van der Waals surface area contributed by atoms with Crippen molar-refractivity contribution in [2.45, 2.75) is 70.8 Å². The van der Waals surface area contributed by atoms with Crippen LogP contribution in [0, 0.1) is 5.82 Å². The number of carboxylic acids is 1. The summed E-state index contributed by atoms with van der Waals surface area (Å²) in [6.45, 7) is 2.93. The number of rotatable bonds is 17. The van der Waals surface area contributed by atoms with E-state index in [-0.39, 0.29) is 24.5 Å². The highest BCUT2D eigenvalue weighted by molar-refractivity contribution is 5.87. The van der Waals surface area contributed by atoms with Gasteiger partial charge in [-0.3, -0.25) is 4.79 Å². The average Bonchev–Trinajstić information content (AvgIpc) is 3.75. The lowest BCUT2D eigenvalue weighted by Crippen LogP contribution is -2.23. The standard InChI is InChI=1S/C29H24FN3O4.C9H21NO/c30-25-6-5-21(37-27-8-7-26-22(10-12-31-26)23(27)11-13-34)16-24(25)29-32-17-20(33-29)15-19-3-1-2-18(14-19)4-9-28(35)36;1-3-4-5-6-7-9(11)8-10-2/h1-3,5-8,10,12-14,16-17,31H,4,9,11,15H2,(H,32,33)(H,35,36);9-11H,3-8H2,1-2H3. The molecule has 0 saturated carbocycles. The predicted molar refractivity (Wildman–Crippen MR) is 186 cm³/mol. The summed E-state index contributed by atoms with van der Waals surface area (Å²) in [5.41, 5.74) is 4.66. The first-order valence-electron chi connectivity index (χ1n) is 16.5. The smallest absolute Gasteiger partial charge is 0.303 e. The molecule has 9 nitrogen and oxygen atoms in total. The van der Waals surface area contributed by atoms with Crippen molar-refractivity contribution in [3.05, 3.63) is 101 Å². The number of nitrogens with zero attached hydrogens (tertiary/aromatic N) is 1. The second-order valence-corrected chi connectivity index (χ2v) is 11.8. The van der Waals surface area contributed by atoms with E-state index in [9.17, 15) is 19.1 Å². The number of unbranched alkanes of at least 4 members (excludes halogenated alkanes) is 3. The van der Waals surface area contributed by atoms with Gasteiger partial charge in [0.25, 0.3) is 0 Å². The molecule has 0 aliphatic heterocycles. The lowest BCUT2D eigenvalue weighted by Gasteiger charge is -2.12. The maximum Gasteiger partial charge on any atom is 0.303 e. The zero-order valence-corrected chi connectivity index (χ0v) is 27.6. The number of aromatic nitrogens is 3. The van der Waals surface area contributed by atoms with E-state index in [1.807, 2.05) is 43.4 Å². The zero-order chi connectivity index (χ0) is 34.3. The Morgan fingerprint density at radius 3 is 2.69 bits per heavy atom. The highest BCUT2D eigenvalue weighted by Gasteiger charge is 2.15. The number of aliphatic carboxylic acids is 1. The van der Waals surface area contributed by atoms with E-state index >= 15 is 0 Å². The van der Waals surface area contributed by atoms with Gasteiger partial charge in [0.05, 0.1) is 11.7 Å². The highest BCUT2D eigenvalue weighted by atomic mass is 19.1. The van der Waals surface area contributed by atoms with Crippen LogP contribution in [0.25, 0.3) is 22.3 Å². The minimum atomic E-state index is -0.832. The molecule has 0 bridgehead atoms. The van der Waals surface area contributed by atoms with Gasteiger partial charge in [0.15, 0.2) is 0 Å². The minimum Gasteiger partial charge on any atom is -0.481 e. The minimum absolute atomic E-state index is 0.0744. The number of carboxylic acid groups (broad SMARTS) is 1. The van der Waals surface area contributed by atoms with Crippen LogP contribution in [0.1, 0.15) is 67.8 Å². The Morgan fingerprint density at radius 1 is 1.08 bits per heavy atom. The number of aryl methyl sites for hydroxylation is 1. The first kappa shape index (κ1) is 36.0. The molecule has 1 atom stereocenters. The Bertz CT molecular complexity index is 1770. The van der Waals surface area contributed by atoms with Gasteiger partial charge < -0.3 is 35.0 Å². The quantitative estimate of drug-likeness (QED) is 0.0520. The molecule has 0 fully saturated rings. The van der Waals surface area contributed by atoms with Crippen LogP contribution in [0.15, 0.2) is 73.1 Å². The van der Waals surface area contributed by atoms with Crippen LogP contribution >= 0.6 is 0 Å². The number of hydrogen-bond acceptors (Lipinski definition) is 6. The fourth-order valence-electron chi connectivity index (χ4n) is 5.54. The van der Waals surface area contributed by atoms with Crippen LogP contribution in [0.4, 0.5) is 4.39 Å². The predicted octanol–water partition coefficient (Wildman–Crippen LogP) is 7.38. The number of imidazole rings is 1. The number of hydrogen-bond donors (Lipinski definition) is 5. The number of H-pyrrole nitrogens is 2. The normalized spacial score (nSPS) is 11.6. The van der Waals surface area contributed by atoms with Gasteiger partial charge in [-0.25, -0.2) is 9.37 Å². The molecule has 0 spiro atoms.